The maximum Gasteiger partial charge on any atom is 0.263 e. The molecular formula is C21H28N3O2S+. The number of nitrogens with zero attached hydrogens (tertiary/aromatic N) is 1. The quantitative estimate of drug-likeness (QED) is 0.792. The highest BCUT2D eigenvalue weighted by molar-refractivity contribution is 7.12. The van der Waals surface area contributed by atoms with Gasteiger partial charge in [-0.25, -0.2) is 0 Å². The topological polar surface area (TPSA) is 53.9 Å². The van der Waals surface area contributed by atoms with Gasteiger partial charge in [0, 0.05) is 31.1 Å². The minimum atomic E-state index is -0.00556. The van der Waals surface area contributed by atoms with E-state index >= 15 is 0 Å². The second kappa shape index (κ2) is 9.15. The molecule has 0 unspecified atom stereocenters. The van der Waals surface area contributed by atoms with Gasteiger partial charge in [0.05, 0.1) is 19.0 Å². The molecule has 0 aliphatic carbocycles. The number of amides is 2. The molecule has 2 amide bonds. The molecule has 1 aromatic heterocycles. The van der Waals surface area contributed by atoms with Crippen molar-refractivity contribution in [2.24, 2.45) is 5.92 Å². The molecule has 1 saturated heterocycles. The van der Waals surface area contributed by atoms with Crippen molar-refractivity contribution < 1.29 is 14.5 Å². The molecule has 0 bridgehead atoms. The van der Waals surface area contributed by atoms with E-state index in [-0.39, 0.29) is 17.7 Å². The summed E-state index contributed by atoms with van der Waals surface area (Å²) in [5.41, 5.74) is 2.42. The number of benzene rings is 1. The Kier molecular flexibility index (Phi) is 6.63. The van der Waals surface area contributed by atoms with Crippen LogP contribution in [-0.2, 0) is 17.9 Å². The van der Waals surface area contributed by atoms with Gasteiger partial charge in [-0.15, -0.1) is 11.3 Å². The summed E-state index contributed by atoms with van der Waals surface area (Å²) in [5, 5.41) is 4.97. The van der Waals surface area contributed by atoms with E-state index in [0.717, 1.165) is 29.8 Å². The van der Waals surface area contributed by atoms with Crippen molar-refractivity contribution in [3.05, 3.63) is 57.8 Å². The number of rotatable bonds is 6. The fraction of sp³-hybridized carbons (Fsp3) is 0.429. The molecule has 1 aliphatic rings. The van der Waals surface area contributed by atoms with Crippen LogP contribution in [0.2, 0.25) is 0 Å². The maximum atomic E-state index is 12.5. The highest BCUT2D eigenvalue weighted by Crippen LogP contribution is 2.21. The first kappa shape index (κ1) is 19.6. The van der Waals surface area contributed by atoms with Gasteiger partial charge in [-0.3, -0.25) is 9.59 Å². The lowest BCUT2D eigenvalue weighted by Gasteiger charge is -2.31. The molecule has 6 heteroatoms. The molecule has 2 N–H and O–H groups in total. The van der Waals surface area contributed by atoms with Crippen LogP contribution in [0.4, 0.5) is 0 Å². The third-order valence-electron chi connectivity index (χ3n) is 4.93. The molecule has 0 radical (unpaired) electrons. The summed E-state index contributed by atoms with van der Waals surface area (Å²) in [4.78, 5) is 28.9. The van der Waals surface area contributed by atoms with Crippen LogP contribution in [0.1, 0.15) is 33.6 Å². The molecule has 3 rings (SSSR count). The fourth-order valence-electron chi connectivity index (χ4n) is 3.42. The Hall–Kier alpha value is -2.18. The van der Waals surface area contributed by atoms with Gasteiger partial charge < -0.3 is 15.1 Å². The van der Waals surface area contributed by atoms with Gasteiger partial charge in [-0.05, 0) is 29.9 Å². The average Bonchev–Trinajstić information content (AvgIpc) is 3.21. The van der Waals surface area contributed by atoms with Crippen LogP contribution in [-0.4, -0.2) is 43.9 Å². The molecule has 5 nitrogen and oxygen atoms in total. The number of thiophene rings is 1. The zero-order valence-corrected chi connectivity index (χ0v) is 16.8. The molecule has 1 fully saturated rings. The normalized spacial score (nSPS) is 15.1. The van der Waals surface area contributed by atoms with E-state index in [1.807, 2.05) is 22.4 Å². The molecule has 1 aromatic carbocycles. The highest BCUT2D eigenvalue weighted by atomic mass is 32.1. The Morgan fingerprint density at radius 1 is 1.11 bits per heavy atom. The van der Waals surface area contributed by atoms with E-state index in [1.54, 1.807) is 0 Å². The Balaban J connectivity index is 1.43. The Bertz CT molecular complexity index is 748. The number of piperidine rings is 1. The molecular weight excluding hydrogens is 358 g/mol. The lowest BCUT2D eigenvalue weighted by molar-refractivity contribution is -0.872. The Morgan fingerprint density at radius 3 is 2.37 bits per heavy atom. The number of likely N-dealkylation sites (tertiary alicyclic amines) is 1. The van der Waals surface area contributed by atoms with Gasteiger partial charge in [0.15, 0.2) is 0 Å². The second-order valence-corrected chi connectivity index (χ2v) is 8.41. The van der Waals surface area contributed by atoms with E-state index in [9.17, 15) is 9.59 Å². The van der Waals surface area contributed by atoms with Crippen LogP contribution >= 0.6 is 11.3 Å². The van der Waals surface area contributed by atoms with Crippen molar-refractivity contribution in [1.82, 2.24) is 10.2 Å². The SMILES string of the molecule is C[NH+](C)Cc1ccc(CNC(=O)C2CCN(C(=O)c3cccs3)CC2)cc1. The van der Waals surface area contributed by atoms with Crippen molar-refractivity contribution >= 4 is 23.2 Å². The lowest BCUT2D eigenvalue weighted by atomic mass is 9.95. The van der Waals surface area contributed by atoms with Crippen LogP contribution in [0.5, 0.6) is 0 Å². The first-order chi connectivity index (χ1) is 13.0. The summed E-state index contributed by atoms with van der Waals surface area (Å²) in [6, 6.07) is 12.2. The van der Waals surface area contributed by atoms with Gasteiger partial charge in [-0.2, -0.15) is 0 Å². The molecule has 144 valence electrons. The predicted molar refractivity (Wildman–Crippen MR) is 108 cm³/mol. The average molecular weight is 387 g/mol. The van der Waals surface area contributed by atoms with Crippen molar-refractivity contribution in [2.75, 3.05) is 27.2 Å². The van der Waals surface area contributed by atoms with Crippen LogP contribution < -0.4 is 10.2 Å². The lowest BCUT2D eigenvalue weighted by Crippen LogP contribution is -3.04. The summed E-state index contributed by atoms with van der Waals surface area (Å²) in [5.74, 6) is 0.178. The summed E-state index contributed by atoms with van der Waals surface area (Å²) in [6.07, 6.45) is 1.46. The van der Waals surface area contributed by atoms with Crippen LogP contribution in [0.3, 0.4) is 0 Å². The smallest absolute Gasteiger partial charge is 0.263 e. The van der Waals surface area contributed by atoms with E-state index in [0.29, 0.717) is 19.6 Å². The number of carbonyl (C=O) groups is 2. The Morgan fingerprint density at radius 2 is 1.78 bits per heavy atom. The predicted octanol–water partition coefficient (Wildman–Crippen LogP) is 1.56. The van der Waals surface area contributed by atoms with E-state index < -0.39 is 0 Å². The van der Waals surface area contributed by atoms with Gasteiger partial charge in [0.1, 0.15) is 6.54 Å². The zero-order chi connectivity index (χ0) is 19.2. The minimum absolute atomic E-state index is 0.00556. The van der Waals surface area contributed by atoms with Crippen molar-refractivity contribution in [3.8, 4) is 0 Å². The molecule has 1 aliphatic heterocycles. The van der Waals surface area contributed by atoms with E-state index in [1.165, 1.54) is 21.8 Å². The maximum absolute atomic E-state index is 12.5. The van der Waals surface area contributed by atoms with Gasteiger partial charge in [0.2, 0.25) is 5.91 Å². The summed E-state index contributed by atoms with van der Waals surface area (Å²) >= 11 is 1.47. The number of hydrogen-bond donors (Lipinski definition) is 2. The zero-order valence-electron chi connectivity index (χ0n) is 16.0. The summed E-state index contributed by atoms with van der Waals surface area (Å²) < 4.78 is 0. The van der Waals surface area contributed by atoms with Crippen molar-refractivity contribution in [2.45, 2.75) is 25.9 Å². The van der Waals surface area contributed by atoms with Crippen LogP contribution in [0.25, 0.3) is 0 Å². The Labute approximate surface area is 165 Å². The standard InChI is InChI=1S/C21H27N3O2S/c1-23(2)15-17-7-5-16(6-8-17)14-22-20(25)18-9-11-24(12-10-18)21(26)19-4-3-13-27-19/h3-8,13,18H,9-12,14-15H2,1-2H3,(H,22,25)/p+1. The van der Waals surface area contributed by atoms with Crippen LogP contribution in [0, 0.1) is 5.92 Å². The number of quaternary nitrogens is 1. The molecule has 0 spiro atoms. The molecule has 2 heterocycles. The van der Waals surface area contributed by atoms with Crippen molar-refractivity contribution in [1.29, 1.82) is 0 Å². The first-order valence-corrected chi connectivity index (χ1v) is 10.4. The monoisotopic (exact) mass is 386 g/mol. The third-order valence-corrected chi connectivity index (χ3v) is 5.79. The van der Waals surface area contributed by atoms with Gasteiger partial charge >= 0.3 is 0 Å². The summed E-state index contributed by atoms with van der Waals surface area (Å²) in [7, 11) is 4.26. The number of nitrogens with one attached hydrogen (secondary N) is 2. The minimum Gasteiger partial charge on any atom is -0.352 e. The van der Waals surface area contributed by atoms with E-state index in [4.69, 9.17) is 0 Å². The first-order valence-electron chi connectivity index (χ1n) is 9.50. The van der Waals surface area contributed by atoms with Gasteiger partial charge in [-0.1, -0.05) is 30.3 Å². The van der Waals surface area contributed by atoms with Crippen LogP contribution in [0.15, 0.2) is 41.8 Å². The molecule has 0 atom stereocenters. The van der Waals surface area contributed by atoms with E-state index in [2.05, 4.69) is 43.7 Å². The number of carbonyl (C=O) groups excluding carboxylic acids is 2. The fourth-order valence-corrected chi connectivity index (χ4v) is 4.11. The molecule has 27 heavy (non-hydrogen) atoms. The summed E-state index contributed by atoms with van der Waals surface area (Å²) in [6.45, 7) is 2.85. The highest BCUT2D eigenvalue weighted by Gasteiger charge is 2.27. The molecule has 0 saturated carbocycles. The molecule has 2 aromatic rings. The largest absolute Gasteiger partial charge is 0.352 e. The van der Waals surface area contributed by atoms with Crippen molar-refractivity contribution in [3.63, 3.8) is 0 Å². The second-order valence-electron chi connectivity index (χ2n) is 7.46. The van der Waals surface area contributed by atoms with Gasteiger partial charge in [0.25, 0.3) is 5.91 Å². The number of hydrogen-bond acceptors (Lipinski definition) is 3. The third kappa shape index (κ3) is 5.40.